The van der Waals surface area contributed by atoms with Crippen molar-refractivity contribution in [3.8, 4) is 0 Å². The van der Waals surface area contributed by atoms with Gasteiger partial charge in [0.15, 0.2) is 0 Å². The molecule has 2 aromatic heterocycles. The van der Waals surface area contributed by atoms with Crippen molar-refractivity contribution in [3.05, 3.63) is 34.3 Å². The predicted octanol–water partition coefficient (Wildman–Crippen LogP) is 4.82. The first kappa shape index (κ1) is 15.6. The van der Waals surface area contributed by atoms with Gasteiger partial charge < -0.3 is 5.11 Å². The van der Waals surface area contributed by atoms with E-state index in [1.807, 2.05) is 4.40 Å². The van der Waals surface area contributed by atoms with Gasteiger partial charge in [0.25, 0.3) is 0 Å². The molecule has 0 bridgehead atoms. The van der Waals surface area contributed by atoms with E-state index in [-0.39, 0.29) is 0 Å². The molecule has 2 heterocycles. The highest BCUT2D eigenvalue weighted by atomic mass is 35.5. The van der Waals surface area contributed by atoms with Crippen LogP contribution in [0.15, 0.2) is 18.6 Å². The van der Waals surface area contributed by atoms with Crippen LogP contribution in [0.2, 0.25) is 10.0 Å². The Hall–Kier alpha value is -0.770. The molecule has 110 valence electrons. The highest BCUT2D eigenvalue weighted by molar-refractivity contribution is 6.42. The normalized spacial score (nSPS) is 14.7. The highest BCUT2D eigenvalue weighted by Gasteiger charge is 2.29. The van der Waals surface area contributed by atoms with E-state index >= 15 is 0 Å². The molecule has 20 heavy (non-hydrogen) atoms. The van der Waals surface area contributed by atoms with E-state index in [2.05, 4.69) is 11.9 Å². The number of halogens is 2. The molecule has 0 saturated heterocycles. The van der Waals surface area contributed by atoms with Gasteiger partial charge in [-0.3, -0.25) is 4.40 Å². The van der Waals surface area contributed by atoms with Crippen LogP contribution in [0.5, 0.6) is 0 Å². The Labute approximate surface area is 129 Å². The molecule has 0 aliphatic rings. The number of aliphatic hydroxyl groups is 1. The number of rotatable bonds is 6. The molecule has 0 radical (unpaired) electrons. The summed E-state index contributed by atoms with van der Waals surface area (Å²) in [5.74, 6) is 0. The summed E-state index contributed by atoms with van der Waals surface area (Å²) < 4.78 is 1.81. The van der Waals surface area contributed by atoms with E-state index in [9.17, 15) is 5.11 Å². The smallest absolute Gasteiger partial charge is 0.104 e. The Morgan fingerprint density at radius 3 is 2.75 bits per heavy atom. The maximum atomic E-state index is 10.8. The lowest BCUT2D eigenvalue weighted by molar-refractivity contribution is 0.0394. The average molecular weight is 315 g/mol. The predicted molar refractivity (Wildman–Crippen MR) is 83.5 cm³/mol. The van der Waals surface area contributed by atoms with E-state index < -0.39 is 5.60 Å². The van der Waals surface area contributed by atoms with Crippen molar-refractivity contribution in [1.82, 2.24) is 9.38 Å². The molecule has 1 atom stereocenters. The number of imidazole rings is 1. The molecule has 0 amide bonds. The summed E-state index contributed by atoms with van der Waals surface area (Å²) in [6.07, 6.45) is 8.44. The molecule has 1 N–H and O–H groups in total. The fraction of sp³-hybridized carbons (Fsp3) is 0.533. The number of aromatic nitrogens is 2. The van der Waals surface area contributed by atoms with Crippen LogP contribution >= 0.6 is 23.2 Å². The molecule has 0 aliphatic heterocycles. The maximum Gasteiger partial charge on any atom is 0.104 e. The van der Waals surface area contributed by atoms with Gasteiger partial charge in [0.05, 0.1) is 33.8 Å². The van der Waals surface area contributed by atoms with E-state index in [1.165, 1.54) is 12.8 Å². The van der Waals surface area contributed by atoms with Crippen molar-refractivity contribution < 1.29 is 5.11 Å². The zero-order valence-corrected chi connectivity index (χ0v) is 13.4. The lowest BCUT2D eigenvalue weighted by atomic mass is 9.93. The van der Waals surface area contributed by atoms with Gasteiger partial charge in [-0.1, -0.05) is 55.8 Å². The fourth-order valence-corrected chi connectivity index (χ4v) is 3.07. The van der Waals surface area contributed by atoms with Crippen LogP contribution in [0.1, 0.15) is 51.6 Å². The molecule has 0 fully saturated rings. The number of pyridine rings is 1. The fourth-order valence-electron chi connectivity index (χ4n) is 2.52. The number of nitrogens with zero attached hydrogens (tertiary/aromatic N) is 2. The third-order valence-corrected chi connectivity index (χ3v) is 4.40. The van der Waals surface area contributed by atoms with Gasteiger partial charge in [0, 0.05) is 0 Å². The zero-order valence-electron chi connectivity index (χ0n) is 11.9. The quantitative estimate of drug-likeness (QED) is 0.776. The Bertz CT molecular complexity index is 593. The first-order valence-corrected chi connectivity index (χ1v) is 7.76. The van der Waals surface area contributed by atoms with E-state index in [4.69, 9.17) is 23.2 Å². The van der Waals surface area contributed by atoms with Crippen LogP contribution in [-0.2, 0) is 5.60 Å². The standard InChI is InChI=1S/C15H20Cl2N2O/c1-3-4-5-6-7-15(2,20)14-13(17)12(16)8-11-9-18-10-19(11)14/h8-10,20H,3-7H2,1-2H3. The Balaban J connectivity index is 2.34. The van der Waals surface area contributed by atoms with Crippen LogP contribution < -0.4 is 0 Å². The van der Waals surface area contributed by atoms with E-state index in [0.29, 0.717) is 22.2 Å². The largest absolute Gasteiger partial charge is 0.384 e. The van der Waals surface area contributed by atoms with Gasteiger partial charge in [-0.15, -0.1) is 0 Å². The van der Waals surface area contributed by atoms with E-state index in [0.717, 1.165) is 18.4 Å². The van der Waals surface area contributed by atoms with Crippen molar-refractivity contribution in [2.75, 3.05) is 0 Å². The average Bonchev–Trinajstić information content (AvgIpc) is 2.83. The van der Waals surface area contributed by atoms with Crippen LogP contribution in [0.4, 0.5) is 0 Å². The number of fused-ring (bicyclic) bond motifs is 1. The molecule has 3 nitrogen and oxygen atoms in total. The SMILES string of the molecule is CCCCCCC(C)(O)c1c(Cl)c(Cl)cc2cncn12. The molecule has 0 aliphatic carbocycles. The van der Waals surface area contributed by atoms with Crippen molar-refractivity contribution in [1.29, 1.82) is 0 Å². The minimum Gasteiger partial charge on any atom is -0.384 e. The monoisotopic (exact) mass is 314 g/mol. The molecule has 5 heteroatoms. The second-order valence-corrected chi connectivity index (χ2v) is 6.21. The summed E-state index contributed by atoms with van der Waals surface area (Å²) in [4.78, 5) is 4.10. The topological polar surface area (TPSA) is 37.5 Å². The van der Waals surface area contributed by atoms with Crippen LogP contribution in [0.3, 0.4) is 0 Å². The first-order valence-electron chi connectivity index (χ1n) is 7.00. The minimum atomic E-state index is -1.02. The summed E-state index contributed by atoms with van der Waals surface area (Å²) in [5, 5.41) is 11.7. The van der Waals surface area contributed by atoms with Crippen LogP contribution in [0.25, 0.3) is 5.52 Å². The first-order chi connectivity index (χ1) is 9.47. The summed E-state index contributed by atoms with van der Waals surface area (Å²) in [6, 6.07) is 1.76. The third kappa shape index (κ3) is 3.11. The van der Waals surface area contributed by atoms with Gasteiger partial charge >= 0.3 is 0 Å². The molecule has 0 aromatic carbocycles. The minimum absolute atomic E-state index is 0.401. The van der Waals surface area contributed by atoms with Gasteiger partial charge in [-0.2, -0.15) is 0 Å². The van der Waals surface area contributed by atoms with Gasteiger partial charge in [0.2, 0.25) is 0 Å². The van der Waals surface area contributed by atoms with Crippen LogP contribution in [-0.4, -0.2) is 14.5 Å². The van der Waals surface area contributed by atoms with Gasteiger partial charge in [-0.05, 0) is 19.4 Å². The number of hydrogen-bond donors (Lipinski definition) is 1. The Kier molecular flexibility index (Phi) is 4.95. The van der Waals surface area contributed by atoms with Crippen molar-refractivity contribution in [3.63, 3.8) is 0 Å². The van der Waals surface area contributed by atoms with Crippen LogP contribution in [0, 0.1) is 0 Å². The molecule has 0 spiro atoms. The maximum absolute atomic E-state index is 10.8. The second kappa shape index (κ2) is 6.33. The molecule has 2 aromatic rings. The van der Waals surface area contributed by atoms with Crippen molar-refractivity contribution >= 4 is 28.7 Å². The summed E-state index contributed by atoms with van der Waals surface area (Å²) in [5.41, 5.74) is 0.438. The highest BCUT2D eigenvalue weighted by Crippen LogP contribution is 2.37. The van der Waals surface area contributed by atoms with Crippen molar-refractivity contribution in [2.24, 2.45) is 0 Å². The Morgan fingerprint density at radius 2 is 2.05 bits per heavy atom. The van der Waals surface area contributed by atoms with E-state index in [1.54, 1.807) is 25.5 Å². The lowest BCUT2D eigenvalue weighted by Crippen LogP contribution is -2.25. The molecule has 1 unspecified atom stereocenters. The molecule has 0 saturated carbocycles. The summed E-state index contributed by atoms with van der Waals surface area (Å²) >= 11 is 12.5. The van der Waals surface area contributed by atoms with Gasteiger partial charge in [0.1, 0.15) is 5.60 Å². The molecule has 2 rings (SSSR count). The zero-order chi connectivity index (χ0) is 14.8. The molecular weight excluding hydrogens is 295 g/mol. The number of unbranched alkanes of at least 4 members (excludes halogenated alkanes) is 3. The Morgan fingerprint density at radius 1 is 1.30 bits per heavy atom. The number of hydrogen-bond acceptors (Lipinski definition) is 2. The summed E-state index contributed by atoms with van der Waals surface area (Å²) in [6.45, 7) is 3.96. The third-order valence-electron chi connectivity index (χ3n) is 3.63. The second-order valence-electron chi connectivity index (χ2n) is 5.43. The van der Waals surface area contributed by atoms with Gasteiger partial charge in [-0.25, -0.2) is 4.98 Å². The summed E-state index contributed by atoms with van der Waals surface area (Å²) in [7, 11) is 0. The van der Waals surface area contributed by atoms with Crippen molar-refractivity contribution in [2.45, 2.75) is 51.6 Å². The molecular formula is C15H20Cl2N2O. The lowest BCUT2D eigenvalue weighted by Gasteiger charge is -2.26.